The predicted molar refractivity (Wildman–Crippen MR) is 80.8 cm³/mol. The zero-order valence-electron chi connectivity index (χ0n) is 12.4. The molecule has 0 saturated heterocycles. The molecule has 0 N–H and O–H groups in total. The van der Waals surface area contributed by atoms with Crippen molar-refractivity contribution in [2.75, 3.05) is 0 Å². The van der Waals surface area contributed by atoms with Gasteiger partial charge in [-0.3, -0.25) is 0 Å². The lowest BCUT2D eigenvalue weighted by Gasteiger charge is -2.21. The van der Waals surface area contributed by atoms with Gasteiger partial charge in [0.2, 0.25) is 0 Å². The van der Waals surface area contributed by atoms with Gasteiger partial charge < -0.3 is 9.30 Å². The molecular formula is C17H18N2O2. The van der Waals surface area contributed by atoms with Crippen LogP contribution >= 0.6 is 0 Å². The van der Waals surface area contributed by atoms with Crippen LogP contribution in [0.5, 0.6) is 0 Å². The van der Waals surface area contributed by atoms with Gasteiger partial charge in [-0.05, 0) is 26.3 Å². The number of carbonyl (C=O) groups excluding carboxylic acids is 1. The molecule has 108 valence electrons. The summed E-state index contributed by atoms with van der Waals surface area (Å²) in [6.07, 6.45) is 8.46. The minimum atomic E-state index is -0.942. The molecule has 0 saturated carbocycles. The van der Waals surface area contributed by atoms with Crippen LogP contribution in [0.2, 0.25) is 0 Å². The molecule has 0 amide bonds. The van der Waals surface area contributed by atoms with Gasteiger partial charge >= 0.3 is 5.97 Å². The topological polar surface area (TPSA) is 44.1 Å². The van der Waals surface area contributed by atoms with Gasteiger partial charge in [-0.1, -0.05) is 36.3 Å². The van der Waals surface area contributed by atoms with Crippen LogP contribution in [-0.2, 0) is 4.74 Å². The minimum absolute atomic E-state index is 0.0230. The number of benzene rings is 1. The second-order valence-corrected chi connectivity index (χ2v) is 5.32. The van der Waals surface area contributed by atoms with Crippen LogP contribution in [0.15, 0.2) is 42.9 Å². The Labute approximate surface area is 124 Å². The number of hydrogen-bond acceptors (Lipinski definition) is 3. The highest BCUT2D eigenvalue weighted by atomic mass is 16.6. The molecule has 2 rings (SSSR count). The summed E-state index contributed by atoms with van der Waals surface area (Å²) < 4.78 is 7.10. The second kappa shape index (κ2) is 5.84. The van der Waals surface area contributed by atoms with E-state index >= 15 is 0 Å². The fourth-order valence-electron chi connectivity index (χ4n) is 1.98. The van der Waals surface area contributed by atoms with Crippen molar-refractivity contribution in [2.45, 2.75) is 32.4 Å². The van der Waals surface area contributed by atoms with Gasteiger partial charge in [0, 0.05) is 0 Å². The zero-order valence-corrected chi connectivity index (χ0v) is 12.4. The molecule has 4 heteroatoms. The number of imidazole rings is 1. The molecule has 1 unspecified atom stereocenters. The SMILES string of the molecule is C#CC(C)(C)OC(=O)c1cncn1C(C)c1ccccc1. The molecule has 0 fully saturated rings. The number of hydrogen-bond donors (Lipinski definition) is 0. The Hall–Kier alpha value is -2.54. The molecule has 0 aliphatic heterocycles. The fourth-order valence-corrected chi connectivity index (χ4v) is 1.98. The van der Waals surface area contributed by atoms with Crippen LogP contribution in [0.4, 0.5) is 0 Å². The van der Waals surface area contributed by atoms with Crippen LogP contribution < -0.4 is 0 Å². The third-order valence-electron chi connectivity index (χ3n) is 3.27. The normalized spacial score (nSPS) is 12.5. The summed E-state index contributed by atoms with van der Waals surface area (Å²) in [5.74, 6) is 1.97. The van der Waals surface area contributed by atoms with Crippen LogP contribution in [0.25, 0.3) is 0 Å². The Morgan fingerprint density at radius 1 is 1.38 bits per heavy atom. The molecule has 4 nitrogen and oxygen atoms in total. The first-order valence-corrected chi connectivity index (χ1v) is 6.72. The smallest absolute Gasteiger partial charge is 0.358 e. The first-order chi connectivity index (χ1) is 9.94. The molecule has 2 aromatic rings. The van der Waals surface area contributed by atoms with Gasteiger partial charge in [-0.2, -0.15) is 0 Å². The van der Waals surface area contributed by atoms with E-state index in [4.69, 9.17) is 11.2 Å². The Morgan fingerprint density at radius 3 is 2.67 bits per heavy atom. The van der Waals surface area contributed by atoms with Crippen molar-refractivity contribution in [2.24, 2.45) is 0 Å². The largest absolute Gasteiger partial charge is 0.442 e. The van der Waals surface area contributed by atoms with Crippen molar-refractivity contribution in [3.63, 3.8) is 0 Å². The zero-order chi connectivity index (χ0) is 15.5. The van der Waals surface area contributed by atoms with E-state index in [1.165, 1.54) is 6.20 Å². The van der Waals surface area contributed by atoms with Crippen molar-refractivity contribution in [3.8, 4) is 12.3 Å². The van der Waals surface area contributed by atoms with Gasteiger partial charge in [-0.25, -0.2) is 9.78 Å². The van der Waals surface area contributed by atoms with Crippen molar-refractivity contribution < 1.29 is 9.53 Å². The standard InChI is InChI=1S/C17H18N2O2/c1-5-17(3,4)21-16(20)15-11-18-12-19(15)13(2)14-9-7-6-8-10-14/h1,6-13H,2-4H3. The Kier molecular flexibility index (Phi) is 4.13. The van der Waals surface area contributed by atoms with Crippen molar-refractivity contribution >= 4 is 5.97 Å². The molecule has 0 radical (unpaired) electrons. The van der Waals surface area contributed by atoms with Crippen LogP contribution in [0, 0.1) is 12.3 Å². The number of rotatable bonds is 4. The second-order valence-electron chi connectivity index (χ2n) is 5.32. The molecule has 0 bridgehead atoms. The number of carbonyl (C=O) groups is 1. The van der Waals surface area contributed by atoms with Crippen molar-refractivity contribution in [3.05, 3.63) is 54.1 Å². The monoisotopic (exact) mass is 282 g/mol. The molecule has 0 aliphatic rings. The van der Waals surface area contributed by atoms with E-state index in [2.05, 4.69) is 10.9 Å². The summed E-state index contributed by atoms with van der Waals surface area (Å²) >= 11 is 0. The van der Waals surface area contributed by atoms with E-state index in [9.17, 15) is 4.79 Å². The maximum Gasteiger partial charge on any atom is 0.358 e. The fraction of sp³-hybridized carbons (Fsp3) is 0.294. The van der Waals surface area contributed by atoms with Gasteiger partial charge in [0.15, 0.2) is 5.60 Å². The third-order valence-corrected chi connectivity index (χ3v) is 3.27. The summed E-state index contributed by atoms with van der Waals surface area (Å²) in [4.78, 5) is 16.3. The Bertz CT molecular complexity index is 666. The molecule has 1 heterocycles. The number of ether oxygens (including phenoxy) is 1. The van der Waals surface area contributed by atoms with Gasteiger partial charge in [0.25, 0.3) is 0 Å². The van der Waals surface area contributed by atoms with Crippen LogP contribution in [0.1, 0.15) is 42.9 Å². The molecule has 1 atom stereocenters. The molecule has 1 aromatic heterocycles. The average Bonchev–Trinajstić information content (AvgIpc) is 2.96. The van der Waals surface area contributed by atoms with Crippen molar-refractivity contribution in [1.82, 2.24) is 9.55 Å². The highest BCUT2D eigenvalue weighted by molar-refractivity contribution is 5.88. The first-order valence-electron chi connectivity index (χ1n) is 6.72. The average molecular weight is 282 g/mol. The van der Waals surface area contributed by atoms with E-state index < -0.39 is 11.6 Å². The van der Waals surface area contributed by atoms with Crippen molar-refractivity contribution in [1.29, 1.82) is 0 Å². The summed E-state index contributed by atoms with van der Waals surface area (Å²) in [5, 5.41) is 0. The maximum absolute atomic E-state index is 12.3. The Balaban J connectivity index is 2.27. The summed E-state index contributed by atoms with van der Waals surface area (Å²) in [6, 6.07) is 9.86. The summed E-state index contributed by atoms with van der Waals surface area (Å²) in [7, 11) is 0. The molecular weight excluding hydrogens is 264 g/mol. The Morgan fingerprint density at radius 2 is 2.05 bits per heavy atom. The third kappa shape index (κ3) is 3.32. The number of nitrogens with zero attached hydrogens (tertiary/aromatic N) is 2. The van der Waals surface area contributed by atoms with Gasteiger partial charge in [0.05, 0.1) is 18.6 Å². The maximum atomic E-state index is 12.3. The van der Waals surface area contributed by atoms with E-state index in [1.54, 1.807) is 24.7 Å². The van der Waals surface area contributed by atoms with Gasteiger partial charge in [0.1, 0.15) is 5.69 Å². The molecule has 21 heavy (non-hydrogen) atoms. The molecule has 0 spiro atoms. The lowest BCUT2D eigenvalue weighted by Crippen LogP contribution is -2.27. The first kappa shape index (κ1) is 14.9. The quantitative estimate of drug-likeness (QED) is 0.639. The molecule has 0 aliphatic carbocycles. The number of aromatic nitrogens is 2. The summed E-state index contributed by atoms with van der Waals surface area (Å²) in [5.41, 5.74) is 0.526. The predicted octanol–water partition coefficient (Wildman–Crippen LogP) is 3.06. The lowest BCUT2D eigenvalue weighted by atomic mass is 10.1. The van der Waals surface area contributed by atoms with E-state index in [0.29, 0.717) is 5.69 Å². The number of terminal acetylenes is 1. The minimum Gasteiger partial charge on any atom is -0.442 e. The molecule has 1 aromatic carbocycles. The highest BCUT2D eigenvalue weighted by Crippen LogP contribution is 2.21. The highest BCUT2D eigenvalue weighted by Gasteiger charge is 2.24. The van der Waals surface area contributed by atoms with E-state index in [0.717, 1.165) is 5.56 Å². The van der Waals surface area contributed by atoms with Crippen LogP contribution in [-0.4, -0.2) is 21.1 Å². The summed E-state index contributed by atoms with van der Waals surface area (Å²) in [6.45, 7) is 5.35. The van der Waals surface area contributed by atoms with Gasteiger partial charge in [-0.15, -0.1) is 6.42 Å². The van der Waals surface area contributed by atoms with Crippen LogP contribution in [0.3, 0.4) is 0 Å². The van der Waals surface area contributed by atoms with E-state index in [1.807, 2.05) is 37.3 Å². The number of esters is 1. The lowest BCUT2D eigenvalue weighted by molar-refractivity contribution is 0.0191. The van der Waals surface area contributed by atoms with E-state index in [-0.39, 0.29) is 6.04 Å².